The summed E-state index contributed by atoms with van der Waals surface area (Å²) >= 11 is 17.6. The van der Waals surface area contributed by atoms with E-state index in [9.17, 15) is 24.3 Å². The molecule has 0 spiro atoms. The summed E-state index contributed by atoms with van der Waals surface area (Å²) in [6, 6.07) is 6.98. The van der Waals surface area contributed by atoms with Crippen molar-refractivity contribution in [3.05, 3.63) is 41.5 Å². The van der Waals surface area contributed by atoms with Gasteiger partial charge in [-0.15, -0.1) is 23.2 Å². The van der Waals surface area contributed by atoms with E-state index in [2.05, 4.69) is 15.9 Å². The highest BCUT2D eigenvalue weighted by molar-refractivity contribution is 9.09. The number of aliphatic hydroxyl groups excluding tert-OH is 1. The SMILES string of the molecule is CCCN1C(=O)[C@H]2[C@H](CC=C3[C@H]2C[C@@]2(Cl)C(=O)N(CBr)C(=O)[C@@]2(Cl)[C@H]3c2ccccc2OCCO)C1=O. The normalized spacial score (nSPS) is 34.9. The number of nitrogens with zero attached hydrogens (tertiary/aromatic N) is 2. The molecule has 1 saturated carbocycles. The van der Waals surface area contributed by atoms with Crippen molar-refractivity contribution in [1.82, 2.24) is 9.80 Å². The number of alkyl halides is 3. The second-order valence-electron chi connectivity index (χ2n) is 9.92. The Kier molecular flexibility index (Phi) is 6.96. The lowest BCUT2D eigenvalue weighted by molar-refractivity contribution is -0.141. The number of carbonyl (C=O) groups is 4. The van der Waals surface area contributed by atoms with Gasteiger partial charge in [-0.25, -0.2) is 0 Å². The van der Waals surface area contributed by atoms with Crippen LogP contribution in [-0.2, 0) is 19.2 Å². The van der Waals surface area contributed by atoms with E-state index in [1.165, 1.54) is 4.90 Å². The number of likely N-dealkylation sites (tertiary alicyclic amines) is 2. The van der Waals surface area contributed by atoms with Gasteiger partial charge >= 0.3 is 0 Å². The molecule has 11 heteroatoms. The molecule has 3 fully saturated rings. The molecule has 5 rings (SSSR count). The molecular weight excluding hydrogens is 587 g/mol. The third-order valence-electron chi connectivity index (χ3n) is 8.13. The van der Waals surface area contributed by atoms with E-state index in [1.807, 2.05) is 13.0 Å². The van der Waals surface area contributed by atoms with E-state index in [4.69, 9.17) is 27.9 Å². The highest BCUT2D eigenvalue weighted by atomic mass is 79.9. The lowest BCUT2D eigenvalue weighted by Gasteiger charge is -2.51. The topological polar surface area (TPSA) is 104 Å². The minimum absolute atomic E-state index is 0.0115. The molecule has 0 bridgehead atoms. The van der Waals surface area contributed by atoms with Gasteiger partial charge < -0.3 is 9.84 Å². The third kappa shape index (κ3) is 3.57. The van der Waals surface area contributed by atoms with E-state index in [0.29, 0.717) is 36.3 Å². The van der Waals surface area contributed by atoms with Crippen LogP contribution in [0, 0.1) is 17.8 Å². The standard InChI is InChI=1S/C26H27BrCl2N2O6/c1-2-9-30-21(33)16-8-7-14-17(19(16)22(30)34)12-25(28)23(35)31(13-27)24(36)26(25,29)20(14)15-5-3-4-6-18(15)37-11-10-32/h3-7,16-17,19-20,32H,2,8-13H2,1H3/t16-,17+,19-,20+,25+,26-/m0/s1. The first kappa shape index (κ1) is 26.7. The van der Waals surface area contributed by atoms with Gasteiger partial charge in [-0.3, -0.25) is 29.0 Å². The van der Waals surface area contributed by atoms with Crippen molar-refractivity contribution in [2.45, 2.75) is 41.9 Å². The van der Waals surface area contributed by atoms with Crippen LogP contribution < -0.4 is 4.74 Å². The number of carbonyl (C=O) groups excluding carboxylic acids is 4. The first-order chi connectivity index (χ1) is 17.7. The van der Waals surface area contributed by atoms with Crippen LogP contribution in [0.5, 0.6) is 5.75 Å². The van der Waals surface area contributed by atoms with Crippen LogP contribution >= 0.6 is 39.1 Å². The second-order valence-corrected chi connectivity index (χ2v) is 11.7. The lowest BCUT2D eigenvalue weighted by Crippen LogP contribution is -2.60. The molecule has 2 aliphatic heterocycles. The Hall–Kier alpha value is -1.94. The summed E-state index contributed by atoms with van der Waals surface area (Å²) in [7, 11) is 0. The van der Waals surface area contributed by atoms with Crippen molar-refractivity contribution in [2.24, 2.45) is 17.8 Å². The molecule has 0 aromatic heterocycles. The second kappa shape index (κ2) is 9.67. The number of benzene rings is 1. The van der Waals surface area contributed by atoms with Crippen LogP contribution in [0.1, 0.15) is 37.7 Å². The zero-order valence-electron chi connectivity index (χ0n) is 20.2. The van der Waals surface area contributed by atoms with Gasteiger partial charge in [0.1, 0.15) is 12.4 Å². The van der Waals surface area contributed by atoms with Crippen molar-refractivity contribution < 1.29 is 29.0 Å². The minimum Gasteiger partial charge on any atom is -0.491 e. The Balaban J connectivity index is 1.71. The maximum Gasteiger partial charge on any atom is 0.254 e. The van der Waals surface area contributed by atoms with Gasteiger partial charge in [-0.1, -0.05) is 52.7 Å². The lowest BCUT2D eigenvalue weighted by atomic mass is 9.56. The summed E-state index contributed by atoms with van der Waals surface area (Å²) in [5, 5.41) is 9.36. The van der Waals surface area contributed by atoms with E-state index in [-0.39, 0.29) is 36.9 Å². The van der Waals surface area contributed by atoms with Crippen LogP contribution in [0.25, 0.3) is 0 Å². The smallest absolute Gasteiger partial charge is 0.254 e. The Labute approximate surface area is 233 Å². The Morgan fingerprint density at radius 3 is 2.49 bits per heavy atom. The Morgan fingerprint density at radius 1 is 1.08 bits per heavy atom. The number of imide groups is 2. The maximum atomic E-state index is 13.8. The number of para-hydroxylation sites is 1. The molecule has 198 valence electrons. The number of aliphatic hydroxyl groups is 1. The quantitative estimate of drug-likeness (QED) is 0.219. The van der Waals surface area contributed by atoms with Crippen molar-refractivity contribution in [3.63, 3.8) is 0 Å². The fraction of sp³-hybridized carbons (Fsp3) is 0.538. The van der Waals surface area contributed by atoms with Crippen LogP contribution in [0.15, 0.2) is 35.9 Å². The molecule has 8 nitrogen and oxygen atoms in total. The van der Waals surface area contributed by atoms with E-state index in [0.717, 1.165) is 4.90 Å². The molecule has 37 heavy (non-hydrogen) atoms. The molecule has 0 unspecified atom stereocenters. The highest BCUT2D eigenvalue weighted by Gasteiger charge is 2.76. The van der Waals surface area contributed by atoms with E-state index >= 15 is 0 Å². The average Bonchev–Trinajstić information content (AvgIpc) is 3.21. The van der Waals surface area contributed by atoms with Crippen molar-refractivity contribution in [1.29, 1.82) is 0 Å². The molecule has 4 aliphatic rings. The average molecular weight is 614 g/mol. The van der Waals surface area contributed by atoms with E-state index < -0.39 is 45.2 Å². The predicted octanol–water partition coefficient (Wildman–Crippen LogP) is 3.18. The molecule has 2 heterocycles. The van der Waals surface area contributed by atoms with Gasteiger partial charge in [-0.05, 0) is 31.2 Å². The molecule has 6 atom stereocenters. The van der Waals surface area contributed by atoms with Gasteiger partial charge in [0.05, 0.1) is 23.9 Å². The van der Waals surface area contributed by atoms with Crippen LogP contribution in [-0.4, -0.2) is 73.5 Å². The zero-order chi connectivity index (χ0) is 26.7. The molecular formula is C26H27BrCl2N2O6. The summed E-state index contributed by atoms with van der Waals surface area (Å²) < 4.78 is 5.81. The molecule has 0 radical (unpaired) electrons. The number of ether oxygens (including phenoxy) is 1. The number of fused-ring (bicyclic) bond motifs is 4. The molecule has 1 aromatic carbocycles. The summed E-state index contributed by atoms with van der Waals surface area (Å²) in [6.45, 7) is 2.02. The first-order valence-corrected chi connectivity index (χ1v) is 14.2. The minimum atomic E-state index is -1.89. The number of allylic oxidation sites excluding steroid dienone is 2. The fourth-order valence-electron chi connectivity index (χ4n) is 6.61. The largest absolute Gasteiger partial charge is 0.491 e. The monoisotopic (exact) mass is 612 g/mol. The van der Waals surface area contributed by atoms with Gasteiger partial charge in [-0.2, -0.15) is 0 Å². The van der Waals surface area contributed by atoms with Crippen molar-refractivity contribution in [3.8, 4) is 5.75 Å². The number of hydrogen-bond acceptors (Lipinski definition) is 6. The number of halogens is 3. The highest BCUT2D eigenvalue weighted by Crippen LogP contribution is 2.66. The molecule has 1 aromatic rings. The maximum absolute atomic E-state index is 13.8. The Morgan fingerprint density at radius 2 is 1.81 bits per heavy atom. The van der Waals surface area contributed by atoms with Gasteiger partial charge in [0.25, 0.3) is 11.8 Å². The van der Waals surface area contributed by atoms with Crippen LogP contribution in [0.2, 0.25) is 0 Å². The summed E-state index contributed by atoms with van der Waals surface area (Å²) in [6.07, 6.45) is 2.81. The molecule has 2 aliphatic carbocycles. The van der Waals surface area contributed by atoms with Gasteiger partial charge in [0.2, 0.25) is 11.8 Å². The molecule has 2 saturated heterocycles. The number of amides is 4. The van der Waals surface area contributed by atoms with Crippen LogP contribution in [0.3, 0.4) is 0 Å². The summed E-state index contributed by atoms with van der Waals surface area (Å²) in [5.41, 5.74) is 1.16. The zero-order valence-corrected chi connectivity index (χ0v) is 23.3. The van der Waals surface area contributed by atoms with Gasteiger partial charge in [0.15, 0.2) is 9.75 Å². The van der Waals surface area contributed by atoms with Crippen LogP contribution in [0.4, 0.5) is 0 Å². The summed E-state index contributed by atoms with van der Waals surface area (Å²) in [4.78, 5) is 52.7. The number of hydrogen-bond donors (Lipinski definition) is 1. The van der Waals surface area contributed by atoms with E-state index in [1.54, 1.807) is 24.3 Å². The summed E-state index contributed by atoms with van der Waals surface area (Å²) in [5.74, 6) is -4.05. The fourth-order valence-corrected chi connectivity index (χ4v) is 8.03. The van der Waals surface area contributed by atoms with Gasteiger partial charge in [0, 0.05) is 18.0 Å². The number of rotatable bonds is 7. The molecule has 1 N–H and O–H groups in total. The predicted molar refractivity (Wildman–Crippen MR) is 139 cm³/mol. The first-order valence-electron chi connectivity index (χ1n) is 12.3. The Bertz CT molecular complexity index is 1210. The van der Waals surface area contributed by atoms with Crippen molar-refractivity contribution in [2.75, 3.05) is 25.2 Å². The van der Waals surface area contributed by atoms with Crippen molar-refractivity contribution >= 4 is 62.8 Å². The molecule has 4 amide bonds. The third-order valence-corrected chi connectivity index (χ3v) is 10.0.